The van der Waals surface area contributed by atoms with Gasteiger partial charge in [-0.25, -0.2) is 9.97 Å². The van der Waals surface area contributed by atoms with Crippen LogP contribution < -0.4 is 11.1 Å². The minimum absolute atomic E-state index is 0.143. The molecule has 2 aromatic heterocycles. The maximum Gasteiger partial charge on any atom is 0.261 e. The van der Waals surface area contributed by atoms with Crippen molar-refractivity contribution in [2.24, 2.45) is 5.10 Å². The Kier molecular flexibility index (Phi) is 5.47. The molecule has 2 heterocycles. The highest BCUT2D eigenvalue weighted by Gasteiger charge is 2.24. The topological polar surface area (TPSA) is 98.2 Å². The van der Waals surface area contributed by atoms with Gasteiger partial charge in [0.05, 0.1) is 17.2 Å². The van der Waals surface area contributed by atoms with Gasteiger partial charge < -0.3 is 11.1 Å². The van der Waals surface area contributed by atoms with Gasteiger partial charge in [0.15, 0.2) is 5.65 Å². The van der Waals surface area contributed by atoms with Gasteiger partial charge in [0.25, 0.3) is 5.91 Å². The van der Waals surface area contributed by atoms with Crippen molar-refractivity contribution in [3.8, 4) is 0 Å². The molecule has 0 atom stereocenters. The van der Waals surface area contributed by atoms with Crippen LogP contribution in [-0.4, -0.2) is 26.8 Å². The van der Waals surface area contributed by atoms with Gasteiger partial charge in [0.2, 0.25) is 0 Å². The Morgan fingerprint density at radius 2 is 1.76 bits per heavy atom. The summed E-state index contributed by atoms with van der Waals surface area (Å²) in [6.45, 7) is 4.01. The summed E-state index contributed by atoms with van der Waals surface area (Å²) in [6, 6.07) is 20.4. The van der Waals surface area contributed by atoms with Gasteiger partial charge in [-0.2, -0.15) is 9.78 Å². The highest BCUT2D eigenvalue weighted by molar-refractivity contribution is 6.30. The lowest BCUT2D eigenvalue weighted by molar-refractivity contribution is 0.102. The van der Waals surface area contributed by atoms with Crippen molar-refractivity contribution in [1.82, 2.24) is 14.6 Å². The van der Waals surface area contributed by atoms with Crippen LogP contribution in [-0.2, 0) is 0 Å². The number of benzene rings is 3. The largest absolute Gasteiger partial charge is 0.383 e. The van der Waals surface area contributed by atoms with Crippen molar-refractivity contribution >= 4 is 57.4 Å². The molecule has 8 heteroatoms. The summed E-state index contributed by atoms with van der Waals surface area (Å²) in [5.74, 6) is -0.239. The van der Waals surface area contributed by atoms with Crippen molar-refractivity contribution in [3.63, 3.8) is 0 Å². The second-order valence-corrected chi connectivity index (χ2v) is 8.45. The summed E-state index contributed by atoms with van der Waals surface area (Å²) in [6.07, 6.45) is 1.61. The number of nitrogen functional groups attached to an aromatic ring is 1. The predicted molar refractivity (Wildman–Crippen MR) is 138 cm³/mol. The fourth-order valence-electron chi connectivity index (χ4n) is 3.71. The number of halogens is 1. The van der Waals surface area contributed by atoms with Gasteiger partial charge in [-0.3, -0.25) is 4.79 Å². The van der Waals surface area contributed by atoms with E-state index in [1.54, 1.807) is 18.3 Å². The summed E-state index contributed by atoms with van der Waals surface area (Å²) >= 11 is 6.09. The number of anilines is 2. The van der Waals surface area contributed by atoms with Crippen molar-refractivity contribution in [2.45, 2.75) is 13.8 Å². The van der Waals surface area contributed by atoms with Crippen molar-refractivity contribution in [2.75, 3.05) is 11.1 Å². The first-order valence-electron chi connectivity index (χ1n) is 10.7. The highest BCUT2D eigenvalue weighted by atomic mass is 35.5. The van der Waals surface area contributed by atoms with E-state index in [2.05, 4.69) is 10.4 Å². The van der Waals surface area contributed by atoms with E-state index in [4.69, 9.17) is 27.3 Å². The third kappa shape index (κ3) is 3.97. The maximum atomic E-state index is 13.4. The summed E-state index contributed by atoms with van der Waals surface area (Å²) in [5, 5.41) is 8.04. The standard InChI is InChI=1S/C26H21ClN6O/c1-15-10-11-19(12-16(15)2)30-26(34)22-23-25(32-21-9-4-3-8-20(21)31-23)33(24(22)28)29-14-17-6-5-7-18(27)13-17/h3-14H,28H2,1-2H3,(H,30,34)/b29-14-. The zero-order chi connectivity index (χ0) is 23.8. The molecule has 0 spiro atoms. The quantitative estimate of drug-likeness (QED) is 0.337. The Balaban J connectivity index is 1.65. The molecule has 5 rings (SSSR count). The molecule has 1 amide bonds. The molecule has 0 aliphatic rings. The lowest BCUT2D eigenvalue weighted by atomic mass is 10.1. The van der Waals surface area contributed by atoms with E-state index >= 15 is 0 Å². The van der Waals surface area contributed by atoms with Crippen LogP contribution in [0.2, 0.25) is 5.02 Å². The monoisotopic (exact) mass is 468 g/mol. The number of carbonyl (C=O) groups is 1. The van der Waals surface area contributed by atoms with E-state index in [0.717, 1.165) is 16.7 Å². The zero-order valence-corrected chi connectivity index (χ0v) is 19.3. The van der Waals surface area contributed by atoms with Gasteiger partial charge in [-0.15, -0.1) is 0 Å². The fraction of sp³-hybridized carbons (Fsp3) is 0.0769. The van der Waals surface area contributed by atoms with Crippen molar-refractivity contribution in [1.29, 1.82) is 0 Å². The van der Waals surface area contributed by atoms with Gasteiger partial charge in [0, 0.05) is 10.7 Å². The first-order valence-corrected chi connectivity index (χ1v) is 11.0. The third-order valence-electron chi connectivity index (χ3n) is 5.64. The molecule has 3 aromatic carbocycles. The fourth-order valence-corrected chi connectivity index (χ4v) is 3.91. The number of nitrogens with two attached hydrogens (primary N) is 1. The normalized spacial score (nSPS) is 11.5. The lowest BCUT2D eigenvalue weighted by Crippen LogP contribution is -2.14. The Labute approximate surface area is 200 Å². The number of amides is 1. The number of fused-ring (bicyclic) bond motifs is 2. The molecule has 0 fully saturated rings. The number of nitrogens with one attached hydrogen (secondary N) is 1. The molecule has 3 N–H and O–H groups in total. The molecule has 168 valence electrons. The van der Waals surface area contributed by atoms with Gasteiger partial charge in [0.1, 0.15) is 16.9 Å². The second-order valence-electron chi connectivity index (χ2n) is 8.01. The second kappa shape index (κ2) is 8.61. The SMILES string of the molecule is Cc1ccc(NC(=O)c2c(N)n(/N=C\c3cccc(Cl)c3)c3nc4ccccc4nc23)cc1C. The summed E-state index contributed by atoms with van der Waals surface area (Å²) in [5.41, 5.74) is 12.4. The average molecular weight is 469 g/mol. The molecule has 0 bridgehead atoms. The van der Waals surface area contributed by atoms with E-state index in [-0.39, 0.29) is 17.3 Å². The molecule has 5 aromatic rings. The molecule has 0 unspecified atom stereocenters. The zero-order valence-electron chi connectivity index (χ0n) is 18.6. The molecule has 0 aliphatic heterocycles. The highest BCUT2D eigenvalue weighted by Crippen LogP contribution is 2.29. The first-order chi connectivity index (χ1) is 16.4. The molecule has 0 aliphatic carbocycles. The lowest BCUT2D eigenvalue weighted by Gasteiger charge is -2.08. The van der Waals surface area contributed by atoms with Crippen LogP contribution in [0.3, 0.4) is 0 Å². The smallest absolute Gasteiger partial charge is 0.261 e. The van der Waals surface area contributed by atoms with Crippen molar-refractivity contribution in [3.05, 3.63) is 94.0 Å². The minimum atomic E-state index is -0.382. The Hall–Kier alpha value is -4.23. The van der Waals surface area contributed by atoms with E-state index in [0.29, 0.717) is 32.9 Å². The van der Waals surface area contributed by atoms with Crippen LogP contribution in [0.1, 0.15) is 27.0 Å². The van der Waals surface area contributed by atoms with Crippen LogP contribution in [0, 0.1) is 13.8 Å². The minimum Gasteiger partial charge on any atom is -0.383 e. The average Bonchev–Trinajstić information content (AvgIpc) is 3.08. The number of para-hydroxylation sites is 2. The molecule has 0 saturated carbocycles. The number of carbonyl (C=O) groups excluding carboxylic acids is 1. The van der Waals surface area contributed by atoms with Crippen molar-refractivity contribution < 1.29 is 4.79 Å². The van der Waals surface area contributed by atoms with E-state index in [1.165, 1.54) is 4.68 Å². The summed E-state index contributed by atoms with van der Waals surface area (Å²) in [4.78, 5) is 22.8. The number of hydrogen-bond donors (Lipinski definition) is 2. The molecular formula is C26H21ClN6O. The summed E-state index contributed by atoms with van der Waals surface area (Å²) < 4.78 is 1.44. The molecular weight excluding hydrogens is 448 g/mol. The maximum absolute atomic E-state index is 13.4. The van der Waals surface area contributed by atoms with Gasteiger partial charge in [-0.1, -0.05) is 41.9 Å². The molecule has 0 saturated heterocycles. The number of aryl methyl sites for hydroxylation is 2. The van der Waals surface area contributed by atoms with Gasteiger partial charge in [-0.05, 0) is 66.9 Å². The predicted octanol–water partition coefficient (Wildman–Crippen LogP) is 5.57. The van der Waals surface area contributed by atoms with E-state index in [1.807, 2.05) is 68.4 Å². The number of nitrogens with zero attached hydrogens (tertiary/aromatic N) is 4. The van der Waals surface area contributed by atoms with Gasteiger partial charge >= 0.3 is 0 Å². The van der Waals surface area contributed by atoms with E-state index in [9.17, 15) is 4.79 Å². The first kappa shape index (κ1) is 21.6. The number of hydrogen-bond acceptors (Lipinski definition) is 5. The van der Waals surface area contributed by atoms with Crippen LogP contribution in [0.25, 0.3) is 22.2 Å². The Morgan fingerprint density at radius 3 is 2.50 bits per heavy atom. The van der Waals surface area contributed by atoms with Crippen LogP contribution in [0.4, 0.5) is 11.5 Å². The third-order valence-corrected chi connectivity index (χ3v) is 5.87. The number of rotatable bonds is 4. The Morgan fingerprint density at radius 1 is 1.00 bits per heavy atom. The van der Waals surface area contributed by atoms with Crippen LogP contribution in [0.5, 0.6) is 0 Å². The molecule has 7 nitrogen and oxygen atoms in total. The van der Waals surface area contributed by atoms with Crippen LogP contribution in [0.15, 0.2) is 71.8 Å². The number of aromatic nitrogens is 3. The molecule has 0 radical (unpaired) electrons. The molecule has 34 heavy (non-hydrogen) atoms. The van der Waals surface area contributed by atoms with E-state index < -0.39 is 0 Å². The summed E-state index contributed by atoms with van der Waals surface area (Å²) in [7, 11) is 0. The van der Waals surface area contributed by atoms with Crippen LogP contribution >= 0.6 is 11.6 Å². The Bertz CT molecular complexity index is 1600.